The molecule has 8 nitrogen and oxygen atoms in total. The van der Waals surface area contributed by atoms with Gasteiger partial charge in [0, 0.05) is 6.54 Å². The van der Waals surface area contributed by atoms with E-state index in [4.69, 9.17) is 5.84 Å². The van der Waals surface area contributed by atoms with Gasteiger partial charge in [0.1, 0.15) is 17.4 Å². The molecule has 0 radical (unpaired) electrons. The molecule has 1 aromatic rings. The number of amides is 1. The van der Waals surface area contributed by atoms with Crippen LogP contribution in [0.4, 0.5) is 17.1 Å². The van der Waals surface area contributed by atoms with Gasteiger partial charge in [-0.25, -0.2) is 0 Å². The third kappa shape index (κ3) is 3.55. The summed E-state index contributed by atoms with van der Waals surface area (Å²) in [6.45, 7) is 3.92. The van der Waals surface area contributed by atoms with E-state index in [0.717, 1.165) is 0 Å². The van der Waals surface area contributed by atoms with Crippen LogP contribution >= 0.6 is 0 Å². The van der Waals surface area contributed by atoms with E-state index in [1.807, 2.05) is 0 Å². The van der Waals surface area contributed by atoms with E-state index in [2.05, 4.69) is 16.1 Å². The van der Waals surface area contributed by atoms with Crippen molar-refractivity contribution in [3.63, 3.8) is 0 Å². The van der Waals surface area contributed by atoms with Crippen LogP contribution in [-0.4, -0.2) is 23.4 Å². The van der Waals surface area contributed by atoms with Gasteiger partial charge in [0.05, 0.1) is 4.92 Å². The second-order valence-corrected chi connectivity index (χ2v) is 3.86. The van der Waals surface area contributed by atoms with Crippen LogP contribution in [0.25, 0.3) is 0 Å². The number of nitrogens with one attached hydrogen (secondary N) is 3. The van der Waals surface area contributed by atoms with Gasteiger partial charge in [-0.1, -0.05) is 6.07 Å². The number of nitrogens with two attached hydrogens (primary N) is 1. The highest BCUT2D eigenvalue weighted by molar-refractivity contribution is 5.86. The fourth-order valence-electron chi connectivity index (χ4n) is 1.60. The van der Waals surface area contributed by atoms with E-state index in [1.54, 1.807) is 19.9 Å². The highest BCUT2D eigenvalue weighted by Crippen LogP contribution is 2.32. The van der Waals surface area contributed by atoms with Gasteiger partial charge >= 0.3 is 5.69 Å². The van der Waals surface area contributed by atoms with Crippen LogP contribution in [-0.2, 0) is 4.79 Å². The first-order valence-corrected chi connectivity index (χ1v) is 5.79. The molecule has 0 aliphatic rings. The van der Waals surface area contributed by atoms with Crippen molar-refractivity contribution in [2.45, 2.75) is 19.9 Å². The number of carbonyl (C=O) groups excluding carboxylic acids is 1. The van der Waals surface area contributed by atoms with Gasteiger partial charge in [-0.15, -0.1) is 0 Å². The molecule has 5 N–H and O–H groups in total. The first kappa shape index (κ1) is 14.7. The topological polar surface area (TPSA) is 122 Å². The zero-order valence-electron chi connectivity index (χ0n) is 10.8. The molecule has 0 spiro atoms. The Balaban J connectivity index is 3.01. The molecule has 1 rings (SSSR count). The van der Waals surface area contributed by atoms with Crippen molar-refractivity contribution in [1.82, 2.24) is 5.32 Å². The molecular weight excluding hydrogens is 250 g/mol. The van der Waals surface area contributed by atoms with Crippen molar-refractivity contribution < 1.29 is 9.72 Å². The molecule has 0 fully saturated rings. The monoisotopic (exact) mass is 267 g/mol. The maximum Gasteiger partial charge on any atom is 0.316 e. The molecule has 104 valence electrons. The normalized spacial score (nSPS) is 11.5. The molecule has 8 heteroatoms. The number of para-hydroxylation sites is 1. The van der Waals surface area contributed by atoms with E-state index in [9.17, 15) is 14.9 Å². The molecule has 0 heterocycles. The molecule has 19 heavy (non-hydrogen) atoms. The smallest absolute Gasteiger partial charge is 0.316 e. The quantitative estimate of drug-likeness (QED) is 0.344. The number of anilines is 2. The van der Waals surface area contributed by atoms with Crippen LogP contribution in [0.2, 0.25) is 0 Å². The zero-order valence-corrected chi connectivity index (χ0v) is 10.8. The van der Waals surface area contributed by atoms with E-state index < -0.39 is 11.0 Å². The number of nitro groups is 1. The Bertz CT molecular complexity index is 477. The van der Waals surface area contributed by atoms with Gasteiger partial charge in [-0.2, -0.15) is 0 Å². The third-order valence-corrected chi connectivity index (χ3v) is 2.49. The van der Waals surface area contributed by atoms with Crippen molar-refractivity contribution in [1.29, 1.82) is 0 Å². The summed E-state index contributed by atoms with van der Waals surface area (Å²) in [4.78, 5) is 22.1. The molecule has 1 unspecified atom stereocenters. The maximum absolute atomic E-state index is 11.6. The molecule has 0 aliphatic carbocycles. The van der Waals surface area contributed by atoms with Crippen molar-refractivity contribution in [2.75, 3.05) is 17.3 Å². The largest absolute Gasteiger partial charge is 0.368 e. The number of nitrogens with zero attached hydrogens (tertiary/aromatic N) is 1. The first-order chi connectivity index (χ1) is 9.01. The van der Waals surface area contributed by atoms with Crippen molar-refractivity contribution in [3.05, 3.63) is 28.3 Å². The average molecular weight is 267 g/mol. The summed E-state index contributed by atoms with van der Waals surface area (Å²) in [6, 6.07) is 4.02. The highest BCUT2D eigenvalue weighted by atomic mass is 16.6. The summed E-state index contributed by atoms with van der Waals surface area (Å²) in [7, 11) is 0. The molecule has 1 aromatic carbocycles. The van der Waals surface area contributed by atoms with Gasteiger partial charge in [-0.3, -0.25) is 20.8 Å². The summed E-state index contributed by atoms with van der Waals surface area (Å²) < 4.78 is 0. The van der Waals surface area contributed by atoms with Gasteiger partial charge in [-0.05, 0) is 26.0 Å². The van der Waals surface area contributed by atoms with Crippen LogP contribution < -0.4 is 21.9 Å². The lowest BCUT2D eigenvalue weighted by Crippen LogP contribution is -2.37. The predicted octanol–water partition coefficient (Wildman–Crippen LogP) is 0.817. The second kappa shape index (κ2) is 6.55. The van der Waals surface area contributed by atoms with E-state index in [-0.39, 0.29) is 23.0 Å². The first-order valence-electron chi connectivity index (χ1n) is 5.79. The minimum Gasteiger partial charge on any atom is -0.368 e. The lowest BCUT2D eigenvalue weighted by Gasteiger charge is -2.15. The molecule has 0 saturated carbocycles. The number of benzene rings is 1. The van der Waals surface area contributed by atoms with E-state index in [0.29, 0.717) is 6.54 Å². The average Bonchev–Trinajstić information content (AvgIpc) is 2.38. The van der Waals surface area contributed by atoms with Crippen molar-refractivity contribution in [2.24, 2.45) is 5.84 Å². The summed E-state index contributed by atoms with van der Waals surface area (Å²) in [6.07, 6.45) is 0. The fourth-order valence-corrected chi connectivity index (χ4v) is 1.60. The van der Waals surface area contributed by atoms with Crippen molar-refractivity contribution >= 4 is 23.0 Å². The molecular formula is C11H17N5O3. The number of hydrogen-bond donors (Lipinski definition) is 4. The Hall–Kier alpha value is -2.35. The predicted molar refractivity (Wildman–Crippen MR) is 72.7 cm³/mol. The highest BCUT2D eigenvalue weighted by Gasteiger charge is 2.22. The van der Waals surface area contributed by atoms with E-state index in [1.165, 1.54) is 12.1 Å². The second-order valence-electron chi connectivity index (χ2n) is 3.86. The Morgan fingerprint density at radius 2 is 2.11 bits per heavy atom. The Morgan fingerprint density at radius 1 is 1.47 bits per heavy atom. The zero-order chi connectivity index (χ0) is 14.4. The number of hydrazine groups is 1. The van der Waals surface area contributed by atoms with Crippen LogP contribution in [0.5, 0.6) is 0 Å². The summed E-state index contributed by atoms with van der Waals surface area (Å²) >= 11 is 0. The molecule has 0 aliphatic heterocycles. The number of likely N-dealkylation sites (N-methyl/N-ethyl adjacent to an activating group) is 1. The third-order valence-electron chi connectivity index (χ3n) is 2.49. The molecule has 1 atom stereocenters. The Kier molecular flexibility index (Phi) is 5.07. The summed E-state index contributed by atoms with van der Waals surface area (Å²) in [5.74, 6) is 5.00. The molecule has 0 aromatic heterocycles. The maximum atomic E-state index is 11.6. The van der Waals surface area contributed by atoms with Crippen LogP contribution in [0.1, 0.15) is 13.8 Å². The minimum absolute atomic E-state index is 0.179. The number of carbonyl (C=O) groups is 1. The Labute approximate surface area is 110 Å². The van der Waals surface area contributed by atoms with E-state index >= 15 is 0 Å². The van der Waals surface area contributed by atoms with Crippen molar-refractivity contribution in [3.8, 4) is 0 Å². The Morgan fingerprint density at radius 3 is 2.63 bits per heavy atom. The van der Waals surface area contributed by atoms with Crippen LogP contribution in [0.15, 0.2) is 18.2 Å². The minimum atomic E-state index is -0.591. The number of nitro benzene ring substituents is 1. The van der Waals surface area contributed by atoms with Crippen LogP contribution in [0.3, 0.4) is 0 Å². The van der Waals surface area contributed by atoms with Gasteiger partial charge < -0.3 is 16.1 Å². The molecule has 0 bridgehead atoms. The summed E-state index contributed by atoms with van der Waals surface area (Å²) in [5, 5.41) is 16.5. The SMILES string of the molecule is CCNC(=O)C(C)Nc1cccc(NN)c1[N+](=O)[O-]. The number of rotatable bonds is 6. The van der Waals surface area contributed by atoms with Gasteiger partial charge in [0.2, 0.25) is 5.91 Å². The lowest BCUT2D eigenvalue weighted by molar-refractivity contribution is -0.383. The molecule has 1 amide bonds. The standard InChI is InChI=1S/C11H17N5O3/c1-3-13-11(17)7(2)14-8-5-4-6-9(15-12)10(8)16(18)19/h4-7,14-15H,3,12H2,1-2H3,(H,13,17). The fraction of sp³-hybridized carbons (Fsp3) is 0.364. The molecule has 0 saturated heterocycles. The van der Waals surface area contributed by atoms with Gasteiger partial charge in [0.15, 0.2) is 0 Å². The van der Waals surface area contributed by atoms with Crippen LogP contribution in [0, 0.1) is 10.1 Å². The van der Waals surface area contributed by atoms with Gasteiger partial charge in [0.25, 0.3) is 0 Å². The summed E-state index contributed by atoms with van der Waals surface area (Å²) in [5.41, 5.74) is 2.48. The number of hydrogen-bond acceptors (Lipinski definition) is 6. The number of nitrogen functional groups attached to an aromatic ring is 1. The lowest BCUT2D eigenvalue weighted by atomic mass is 10.2.